The van der Waals surface area contributed by atoms with Crippen LogP contribution in [0.5, 0.6) is 0 Å². The van der Waals surface area contributed by atoms with Gasteiger partial charge in [0, 0.05) is 11.1 Å². The number of allylic oxidation sites excluding steroid dienone is 2. The molecule has 0 fully saturated rings. The molecule has 0 N–H and O–H groups in total. The van der Waals surface area contributed by atoms with Crippen molar-refractivity contribution in [1.82, 2.24) is 4.98 Å². The number of nitrogens with zero attached hydrogens (tertiary/aromatic N) is 1. The summed E-state index contributed by atoms with van der Waals surface area (Å²) in [6.07, 6.45) is -4.50. The molecule has 0 saturated carbocycles. The summed E-state index contributed by atoms with van der Waals surface area (Å²) in [6, 6.07) is 5.94. The van der Waals surface area contributed by atoms with Gasteiger partial charge in [0.15, 0.2) is 5.82 Å². The molecule has 0 spiro atoms. The van der Waals surface area contributed by atoms with Crippen LogP contribution in [0, 0.1) is 5.82 Å². The molecule has 2 rings (SSSR count). The molecule has 0 aliphatic rings. The van der Waals surface area contributed by atoms with Gasteiger partial charge in [-0.25, -0.2) is 9.37 Å². The average Bonchev–Trinajstić information content (AvgIpc) is 2.46. The SMILES string of the molecule is C=C(C)c1cc(C(=C)C)c(F)c(-c2cccc(C(F)(F)F)c2)n1. The van der Waals surface area contributed by atoms with Crippen LogP contribution in [0.2, 0.25) is 0 Å². The fraction of sp³-hybridized carbons (Fsp3) is 0.167. The van der Waals surface area contributed by atoms with Gasteiger partial charge < -0.3 is 0 Å². The molecule has 0 bridgehead atoms. The molecular weight excluding hydrogens is 306 g/mol. The molecule has 23 heavy (non-hydrogen) atoms. The molecule has 1 aromatic carbocycles. The fourth-order valence-corrected chi connectivity index (χ4v) is 2.09. The summed E-state index contributed by atoms with van der Waals surface area (Å²) < 4.78 is 53.2. The summed E-state index contributed by atoms with van der Waals surface area (Å²) in [5.74, 6) is -0.693. The van der Waals surface area contributed by atoms with Gasteiger partial charge in [-0.05, 0) is 43.2 Å². The minimum Gasteiger partial charge on any atom is -0.245 e. The normalized spacial score (nSPS) is 11.4. The quantitative estimate of drug-likeness (QED) is 0.634. The van der Waals surface area contributed by atoms with Crippen molar-refractivity contribution >= 4 is 11.1 Å². The second-order valence-electron chi connectivity index (χ2n) is 5.36. The standard InChI is InChI=1S/C18H15F4N/c1-10(2)14-9-15(11(3)4)23-17(16(14)19)12-6-5-7-13(8-12)18(20,21)22/h5-9H,1,3H2,2,4H3. The van der Waals surface area contributed by atoms with E-state index in [1.807, 2.05) is 0 Å². The Hall–Kier alpha value is -2.43. The zero-order valence-corrected chi connectivity index (χ0v) is 12.8. The molecule has 1 heterocycles. The van der Waals surface area contributed by atoms with Crippen LogP contribution >= 0.6 is 0 Å². The van der Waals surface area contributed by atoms with Crippen LogP contribution in [0.25, 0.3) is 22.4 Å². The Labute approximate surface area is 132 Å². The van der Waals surface area contributed by atoms with Gasteiger partial charge in [0.25, 0.3) is 0 Å². The summed E-state index contributed by atoms with van der Waals surface area (Å²) in [5, 5.41) is 0. The van der Waals surface area contributed by atoms with E-state index in [0.29, 0.717) is 16.8 Å². The Morgan fingerprint density at radius 2 is 1.70 bits per heavy atom. The van der Waals surface area contributed by atoms with E-state index in [9.17, 15) is 17.6 Å². The van der Waals surface area contributed by atoms with E-state index >= 15 is 0 Å². The topological polar surface area (TPSA) is 12.9 Å². The largest absolute Gasteiger partial charge is 0.416 e. The van der Waals surface area contributed by atoms with E-state index in [4.69, 9.17) is 0 Å². The zero-order chi connectivity index (χ0) is 17.4. The van der Waals surface area contributed by atoms with Crippen molar-refractivity contribution in [2.45, 2.75) is 20.0 Å². The summed E-state index contributed by atoms with van der Waals surface area (Å²) in [5.41, 5.74) is 0.731. The van der Waals surface area contributed by atoms with Gasteiger partial charge in [0.2, 0.25) is 0 Å². The molecule has 1 nitrogen and oxygen atoms in total. The molecule has 120 valence electrons. The molecule has 2 aromatic rings. The lowest BCUT2D eigenvalue weighted by atomic mass is 10.0. The number of rotatable bonds is 3. The van der Waals surface area contributed by atoms with E-state index in [2.05, 4.69) is 18.1 Å². The van der Waals surface area contributed by atoms with Crippen LogP contribution in [0.3, 0.4) is 0 Å². The van der Waals surface area contributed by atoms with E-state index in [-0.39, 0.29) is 16.8 Å². The molecule has 0 aliphatic carbocycles. The number of halogens is 4. The number of alkyl halides is 3. The van der Waals surface area contributed by atoms with Crippen LogP contribution in [0.4, 0.5) is 17.6 Å². The van der Waals surface area contributed by atoms with Crippen molar-refractivity contribution in [2.24, 2.45) is 0 Å². The first-order valence-corrected chi connectivity index (χ1v) is 6.81. The Kier molecular flexibility index (Phi) is 4.41. The zero-order valence-electron chi connectivity index (χ0n) is 12.8. The van der Waals surface area contributed by atoms with Crippen molar-refractivity contribution < 1.29 is 17.6 Å². The average molecular weight is 321 g/mol. The smallest absolute Gasteiger partial charge is 0.245 e. The predicted molar refractivity (Wildman–Crippen MR) is 84.0 cm³/mol. The Morgan fingerprint density at radius 3 is 2.22 bits per heavy atom. The molecule has 0 aliphatic heterocycles. The van der Waals surface area contributed by atoms with Crippen molar-refractivity contribution in [1.29, 1.82) is 0 Å². The second kappa shape index (κ2) is 5.99. The van der Waals surface area contributed by atoms with Gasteiger partial charge in [-0.2, -0.15) is 13.2 Å². The van der Waals surface area contributed by atoms with Crippen LogP contribution in [0.15, 0.2) is 43.5 Å². The first-order chi connectivity index (χ1) is 10.6. The van der Waals surface area contributed by atoms with Gasteiger partial charge in [-0.1, -0.05) is 25.3 Å². The highest BCUT2D eigenvalue weighted by atomic mass is 19.4. The van der Waals surface area contributed by atoms with E-state index < -0.39 is 17.6 Å². The van der Waals surface area contributed by atoms with Crippen LogP contribution in [-0.4, -0.2) is 4.98 Å². The summed E-state index contributed by atoms with van der Waals surface area (Å²) >= 11 is 0. The minimum absolute atomic E-state index is 0.0583. The third-order valence-corrected chi connectivity index (χ3v) is 3.32. The van der Waals surface area contributed by atoms with E-state index in [1.165, 1.54) is 18.2 Å². The third-order valence-electron chi connectivity index (χ3n) is 3.32. The molecule has 1 aromatic heterocycles. The number of hydrogen-bond donors (Lipinski definition) is 0. The number of benzene rings is 1. The van der Waals surface area contributed by atoms with Crippen LogP contribution in [0.1, 0.15) is 30.7 Å². The lowest BCUT2D eigenvalue weighted by Gasteiger charge is -2.13. The summed E-state index contributed by atoms with van der Waals surface area (Å²) in [7, 11) is 0. The highest BCUT2D eigenvalue weighted by Gasteiger charge is 2.31. The van der Waals surface area contributed by atoms with Gasteiger partial charge in [-0.15, -0.1) is 0 Å². The number of aromatic nitrogens is 1. The monoisotopic (exact) mass is 321 g/mol. The Balaban J connectivity index is 2.72. The maximum atomic E-state index is 14.6. The highest BCUT2D eigenvalue weighted by Crippen LogP contribution is 2.34. The Bertz CT molecular complexity index is 788. The number of hydrogen-bond acceptors (Lipinski definition) is 1. The fourth-order valence-electron chi connectivity index (χ4n) is 2.09. The molecule has 0 saturated heterocycles. The molecule has 0 unspecified atom stereocenters. The highest BCUT2D eigenvalue weighted by molar-refractivity contribution is 5.74. The molecule has 0 amide bonds. The molecule has 5 heteroatoms. The lowest BCUT2D eigenvalue weighted by Crippen LogP contribution is -2.05. The van der Waals surface area contributed by atoms with Gasteiger partial charge >= 0.3 is 6.18 Å². The van der Waals surface area contributed by atoms with Crippen LogP contribution in [-0.2, 0) is 6.18 Å². The molecule has 0 atom stereocenters. The lowest BCUT2D eigenvalue weighted by molar-refractivity contribution is -0.137. The maximum absolute atomic E-state index is 14.6. The second-order valence-corrected chi connectivity index (χ2v) is 5.36. The molecular formula is C18H15F4N. The first-order valence-electron chi connectivity index (χ1n) is 6.81. The van der Waals surface area contributed by atoms with Crippen molar-refractivity contribution in [3.05, 3.63) is 66.1 Å². The van der Waals surface area contributed by atoms with Gasteiger partial charge in [-0.3, -0.25) is 0 Å². The van der Waals surface area contributed by atoms with Gasteiger partial charge in [0.1, 0.15) is 5.69 Å². The van der Waals surface area contributed by atoms with Crippen molar-refractivity contribution in [2.75, 3.05) is 0 Å². The summed E-state index contributed by atoms with van der Waals surface area (Å²) in [6.45, 7) is 10.8. The minimum atomic E-state index is -4.50. The van der Waals surface area contributed by atoms with Crippen molar-refractivity contribution in [3.63, 3.8) is 0 Å². The predicted octanol–water partition coefficient (Wildman–Crippen LogP) is 5.97. The molecule has 0 radical (unpaired) electrons. The maximum Gasteiger partial charge on any atom is 0.416 e. The summed E-state index contributed by atoms with van der Waals surface area (Å²) in [4.78, 5) is 4.13. The van der Waals surface area contributed by atoms with Gasteiger partial charge in [0.05, 0.1) is 11.3 Å². The Morgan fingerprint density at radius 1 is 1.04 bits per heavy atom. The van der Waals surface area contributed by atoms with Crippen LogP contribution < -0.4 is 0 Å². The van der Waals surface area contributed by atoms with E-state index in [0.717, 1.165) is 12.1 Å². The van der Waals surface area contributed by atoms with E-state index in [1.54, 1.807) is 13.8 Å². The first kappa shape index (κ1) is 16.9. The third kappa shape index (κ3) is 3.50. The number of pyridine rings is 1. The van der Waals surface area contributed by atoms with Crippen molar-refractivity contribution in [3.8, 4) is 11.3 Å².